The van der Waals surface area contributed by atoms with Crippen molar-refractivity contribution in [2.45, 2.75) is 13.8 Å². The van der Waals surface area contributed by atoms with Crippen molar-refractivity contribution in [3.05, 3.63) is 120 Å². The van der Waals surface area contributed by atoms with E-state index < -0.39 is 0 Å². The molecule has 0 unspecified atom stereocenters. The Labute approximate surface area is 191 Å². The van der Waals surface area contributed by atoms with Gasteiger partial charge in [-0.05, 0) is 66.9 Å². The van der Waals surface area contributed by atoms with E-state index in [2.05, 4.69) is 134 Å². The van der Waals surface area contributed by atoms with Crippen molar-refractivity contribution in [3.8, 4) is 11.1 Å². The second-order valence-corrected chi connectivity index (χ2v) is 7.14. The molecule has 0 amide bonds. The molecule has 0 spiro atoms. The summed E-state index contributed by atoms with van der Waals surface area (Å²) in [6.07, 6.45) is 4.26. The van der Waals surface area contributed by atoms with Gasteiger partial charge in [0.2, 0.25) is 0 Å². The molecule has 1 nitrogen and oxygen atoms in total. The van der Waals surface area contributed by atoms with Gasteiger partial charge in [0, 0.05) is 35.6 Å². The Morgan fingerprint density at radius 1 is 0.633 bits per heavy atom. The first-order valence-electron chi connectivity index (χ1n) is 10.0. The Morgan fingerprint density at radius 3 is 1.70 bits per heavy atom. The van der Waals surface area contributed by atoms with Gasteiger partial charge in [0.15, 0.2) is 0 Å². The Morgan fingerprint density at radius 2 is 1.17 bits per heavy atom. The van der Waals surface area contributed by atoms with Crippen LogP contribution >= 0.6 is 0 Å². The number of hydrogen-bond donors (Lipinski definition) is 0. The zero-order valence-corrected chi connectivity index (χ0v) is 18.8. The van der Waals surface area contributed by atoms with Crippen molar-refractivity contribution in [3.63, 3.8) is 0 Å². The Balaban J connectivity index is 0.00000256. The average Bonchev–Trinajstić information content (AvgIpc) is 2.77. The Bertz CT molecular complexity index is 1060. The molecule has 0 aromatic heterocycles. The number of benzene rings is 4. The quantitative estimate of drug-likeness (QED) is 0.311. The monoisotopic (exact) mass is 426 g/mol. The van der Waals surface area contributed by atoms with Gasteiger partial charge in [-0.3, -0.25) is 0 Å². The van der Waals surface area contributed by atoms with E-state index in [-0.39, 0.29) is 18.6 Å². The van der Waals surface area contributed by atoms with E-state index in [9.17, 15) is 0 Å². The number of hydrogen-bond acceptors (Lipinski definition) is 1. The largest absolute Gasteiger partial charge is 0.311 e. The number of anilines is 3. The van der Waals surface area contributed by atoms with Gasteiger partial charge >= 0.3 is 0 Å². The molecule has 0 bridgehead atoms. The van der Waals surface area contributed by atoms with Crippen molar-refractivity contribution in [2.75, 3.05) is 4.90 Å². The van der Waals surface area contributed by atoms with Crippen LogP contribution in [-0.4, -0.2) is 0 Å². The van der Waals surface area contributed by atoms with E-state index in [0.717, 1.165) is 17.1 Å². The third-order valence-corrected chi connectivity index (χ3v) is 5.02. The first kappa shape index (κ1) is 21.7. The zero-order valence-electron chi connectivity index (χ0n) is 17.4. The van der Waals surface area contributed by atoms with Crippen molar-refractivity contribution >= 4 is 23.1 Å². The topological polar surface area (TPSA) is 3.24 Å². The molecular formula is C28H25NV. The van der Waals surface area contributed by atoms with E-state index >= 15 is 0 Å². The number of aryl methyl sites for hydroxylation is 1. The minimum atomic E-state index is 0. The fraction of sp³-hybridized carbons (Fsp3) is 0.0714. The number of nitrogens with zero attached hydrogens (tertiary/aromatic N) is 1. The van der Waals surface area contributed by atoms with Gasteiger partial charge < -0.3 is 4.90 Å². The van der Waals surface area contributed by atoms with Gasteiger partial charge in [-0.1, -0.05) is 84.4 Å². The second kappa shape index (κ2) is 10.2. The fourth-order valence-corrected chi connectivity index (χ4v) is 3.64. The smallest absolute Gasteiger partial charge is 0.0462 e. The molecule has 147 valence electrons. The van der Waals surface area contributed by atoms with Gasteiger partial charge in [0.25, 0.3) is 0 Å². The maximum Gasteiger partial charge on any atom is 0.0462 e. The molecule has 0 saturated heterocycles. The molecule has 0 atom stereocenters. The molecule has 0 fully saturated rings. The molecule has 1 radical (unpaired) electrons. The van der Waals surface area contributed by atoms with E-state index in [4.69, 9.17) is 0 Å². The molecule has 4 aromatic rings. The molecule has 0 aliphatic rings. The van der Waals surface area contributed by atoms with Crippen LogP contribution in [0.4, 0.5) is 17.1 Å². The SMILES string of the molecule is C/C=C/c1ccc(C)cc1-c1ccc(N(c2ccccc2)c2ccccc2)cc1.[V]. The summed E-state index contributed by atoms with van der Waals surface area (Å²) in [7, 11) is 0. The summed E-state index contributed by atoms with van der Waals surface area (Å²) in [4.78, 5) is 2.28. The summed E-state index contributed by atoms with van der Waals surface area (Å²) < 4.78 is 0. The molecule has 0 saturated carbocycles. The molecular weight excluding hydrogens is 401 g/mol. The first-order valence-corrected chi connectivity index (χ1v) is 10.0. The van der Waals surface area contributed by atoms with Crippen LogP contribution in [0, 0.1) is 6.92 Å². The molecule has 0 heterocycles. The minimum Gasteiger partial charge on any atom is -0.311 e. The summed E-state index contributed by atoms with van der Waals surface area (Å²) in [6.45, 7) is 4.20. The predicted octanol–water partition coefficient (Wildman–Crippen LogP) is 8.16. The Kier molecular flexibility index (Phi) is 7.35. The van der Waals surface area contributed by atoms with Gasteiger partial charge in [-0.2, -0.15) is 0 Å². The number of allylic oxidation sites excluding steroid dienone is 1. The molecule has 0 N–H and O–H groups in total. The zero-order chi connectivity index (χ0) is 20.1. The first-order chi connectivity index (χ1) is 14.3. The number of rotatable bonds is 5. The van der Waals surface area contributed by atoms with Crippen LogP contribution in [0.2, 0.25) is 0 Å². The standard InChI is InChI=1S/C28H25N.V/c1-3-10-23-16-15-22(2)21-28(23)24-17-19-27(20-18-24)29(25-11-6-4-7-12-25)26-13-8-5-9-14-26;/h3-21H,1-2H3;/b10-3+;. The normalized spacial score (nSPS) is 10.6. The summed E-state index contributed by atoms with van der Waals surface area (Å²) in [6, 6.07) is 36.5. The fourth-order valence-electron chi connectivity index (χ4n) is 3.64. The van der Waals surface area contributed by atoms with Crippen molar-refractivity contribution in [2.24, 2.45) is 0 Å². The minimum absolute atomic E-state index is 0. The van der Waals surface area contributed by atoms with Crippen molar-refractivity contribution < 1.29 is 18.6 Å². The maximum atomic E-state index is 2.28. The summed E-state index contributed by atoms with van der Waals surface area (Å²) in [5.41, 5.74) is 8.45. The van der Waals surface area contributed by atoms with Crippen LogP contribution in [0.15, 0.2) is 109 Å². The van der Waals surface area contributed by atoms with E-state index in [1.165, 1.54) is 22.3 Å². The van der Waals surface area contributed by atoms with Crippen molar-refractivity contribution in [1.29, 1.82) is 0 Å². The third-order valence-electron chi connectivity index (χ3n) is 5.02. The van der Waals surface area contributed by atoms with Crippen LogP contribution < -0.4 is 4.90 Å². The molecule has 4 rings (SSSR count). The van der Waals surface area contributed by atoms with E-state index in [0.29, 0.717) is 0 Å². The van der Waals surface area contributed by atoms with Gasteiger partial charge in [0.05, 0.1) is 0 Å². The molecule has 0 aliphatic heterocycles. The molecule has 30 heavy (non-hydrogen) atoms. The van der Waals surface area contributed by atoms with Gasteiger partial charge in [-0.15, -0.1) is 0 Å². The maximum absolute atomic E-state index is 2.28. The molecule has 2 heteroatoms. The summed E-state index contributed by atoms with van der Waals surface area (Å²) >= 11 is 0. The van der Waals surface area contributed by atoms with Crippen LogP contribution in [-0.2, 0) is 18.6 Å². The summed E-state index contributed by atoms with van der Waals surface area (Å²) in [5, 5.41) is 0. The van der Waals surface area contributed by atoms with Crippen LogP contribution in [0.5, 0.6) is 0 Å². The second-order valence-electron chi connectivity index (χ2n) is 7.14. The van der Waals surface area contributed by atoms with Crippen LogP contribution in [0.25, 0.3) is 17.2 Å². The van der Waals surface area contributed by atoms with E-state index in [1.807, 2.05) is 0 Å². The van der Waals surface area contributed by atoms with Crippen LogP contribution in [0.1, 0.15) is 18.1 Å². The van der Waals surface area contributed by atoms with Gasteiger partial charge in [-0.25, -0.2) is 0 Å². The van der Waals surface area contributed by atoms with Gasteiger partial charge in [0.1, 0.15) is 0 Å². The average molecular weight is 426 g/mol. The van der Waals surface area contributed by atoms with Crippen LogP contribution in [0.3, 0.4) is 0 Å². The Hall–Kier alpha value is -3.00. The molecule has 4 aromatic carbocycles. The summed E-state index contributed by atoms with van der Waals surface area (Å²) in [5.74, 6) is 0. The predicted molar refractivity (Wildman–Crippen MR) is 126 cm³/mol. The van der Waals surface area contributed by atoms with Crippen molar-refractivity contribution in [1.82, 2.24) is 0 Å². The van der Waals surface area contributed by atoms with E-state index in [1.54, 1.807) is 0 Å². The third kappa shape index (κ3) is 4.76. The number of para-hydroxylation sites is 2. The molecule has 0 aliphatic carbocycles.